The summed E-state index contributed by atoms with van der Waals surface area (Å²) in [4.78, 5) is 4.69. The molecule has 12 aromatic carbocycles. The van der Waals surface area contributed by atoms with Gasteiger partial charge in [0.2, 0.25) is 0 Å². The van der Waals surface area contributed by atoms with Crippen molar-refractivity contribution in [1.82, 2.24) is 0 Å². The van der Waals surface area contributed by atoms with Crippen LogP contribution in [-0.2, 0) is 0 Å². The molecule has 340 valence electrons. The van der Waals surface area contributed by atoms with Crippen LogP contribution in [0, 0.1) is 0 Å². The highest BCUT2D eigenvalue weighted by atomic mass is 15.1. The van der Waals surface area contributed by atoms with Crippen molar-refractivity contribution < 1.29 is 0 Å². The molecule has 0 aromatic heterocycles. The third-order valence-corrected chi connectivity index (χ3v) is 13.7. The molecule has 0 radical (unpaired) electrons. The van der Waals surface area contributed by atoms with Crippen molar-refractivity contribution in [3.8, 4) is 66.8 Å². The monoisotopic (exact) mass is 918 g/mol. The Morgan fingerprint density at radius 3 is 0.792 bits per heavy atom. The van der Waals surface area contributed by atoms with Crippen LogP contribution in [0.1, 0.15) is 0 Å². The Kier molecular flexibility index (Phi) is 12.1. The van der Waals surface area contributed by atoms with Crippen LogP contribution < -0.4 is 9.80 Å². The maximum absolute atomic E-state index is 2.35. The van der Waals surface area contributed by atoms with E-state index in [-0.39, 0.29) is 0 Å². The van der Waals surface area contributed by atoms with E-state index >= 15 is 0 Å². The van der Waals surface area contributed by atoms with E-state index in [0.29, 0.717) is 0 Å². The Hall–Kier alpha value is -9.50. The van der Waals surface area contributed by atoms with Crippen LogP contribution in [-0.4, -0.2) is 0 Å². The highest BCUT2D eigenvalue weighted by Crippen LogP contribution is 2.41. The first-order valence-corrected chi connectivity index (χ1v) is 24.6. The van der Waals surface area contributed by atoms with Crippen molar-refractivity contribution in [2.24, 2.45) is 0 Å². The van der Waals surface area contributed by atoms with Crippen LogP contribution in [0.5, 0.6) is 0 Å². The van der Waals surface area contributed by atoms with Crippen LogP contribution in [0.3, 0.4) is 0 Å². The first-order valence-electron chi connectivity index (χ1n) is 24.6. The Morgan fingerprint density at radius 1 is 0.153 bits per heavy atom. The SMILES string of the molecule is c1ccc(-c2ccc(-c3ccc(N(c4ccc(-c5ccc(-c6ccccc6)cc5)cc4)c4ccc(-c5ccccc5-c5ccc(N(c6ccccc6)c6ccc7ccccc7c6)cc5)cc4)cc3)cc2)cc1. The highest BCUT2D eigenvalue weighted by Gasteiger charge is 2.17. The van der Waals surface area contributed by atoms with Gasteiger partial charge >= 0.3 is 0 Å². The quantitative estimate of drug-likeness (QED) is 0.120. The molecule has 2 nitrogen and oxygen atoms in total. The zero-order valence-electron chi connectivity index (χ0n) is 39.8. The van der Waals surface area contributed by atoms with E-state index in [2.05, 4.69) is 313 Å². The molecule has 0 atom stereocenters. The van der Waals surface area contributed by atoms with Gasteiger partial charge in [-0.15, -0.1) is 0 Å². The smallest absolute Gasteiger partial charge is 0.0468 e. The van der Waals surface area contributed by atoms with Gasteiger partial charge < -0.3 is 9.80 Å². The van der Waals surface area contributed by atoms with Crippen LogP contribution >= 0.6 is 0 Å². The number of benzene rings is 12. The minimum Gasteiger partial charge on any atom is -0.311 e. The van der Waals surface area contributed by atoms with Crippen molar-refractivity contribution in [3.63, 3.8) is 0 Å². The van der Waals surface area contributed by atoms with Crippen LogP contribution in [0.15, 0.2) is 303 Å². The average Bonchev–Trinajstić information content (AvgIpc) is 3.47. The molecule has 2 heteroatoms. The third kappa shape index (κ3) is 9.09. The van der Waals surface area contributed by atoms with Gasteiger partial charge in [0, 0.05) is 34.1 Å². The summed E-state index contributed by atoms with van der Waals surface area (Å²) in [6.45, 7) is 0. The van der Waals surface area contributed by atoms with Crippen molar-refractivity contribution >= 4 is 44.9 Å². The molecule has 0 aliphatic carbocycles. The van der Waals surface area contributed by atoms with E-state index in [0.717, 1.165) is 45.3 Å². The van der Waals surface area contributed by atoms with Gasteiger partial charge in [-0.3, -0.25) is 0 Å². The fourth-order valence-corrected chi connectivity index (χ4v) is 9.93. The normalized spacial score (nSPS) is 11.1. The maximum Gasteiger partial charge on any atom is 0.0468 e. The molecule has 0 spiro atoms. The van der Waals surface area contributed by atoms with E-state index in [9.17, 15) is 0 Å². The Bertz CT molecular complexity index is 3590. The van der Waals surface area contributed by atoms with Crippen LogP contribution in [0.2, 0.25) is 0 Å². The summed E-state index contributed by atoms with van der Waals surface area (Å²) in [7, 11) is 0. The molecule has 0 heterocycles. The first kappa shape index (κ1) is 43.8. The van der Waals surface area contributed by atoms with E-state index < -0.39 is 0 Å². The van der Waals surface area contributed by atoms with Gasteiger partial charge in [-0.05, 0) is 150 Å². The number of para-hydroxylation sites is 1. The highest BCUT2D eigenvalue weighted by molar-refractivity contribution is 5.91. The second-order valence-electron chi connectivity index (χ2n) is 18.2. The zero-order chi connectivity index (χ0) is 48.1. The number of anilines is 6. The van der Waals surface area contributed by atoms with Gasteiger partial charge in [0.15, 0.2) is 0 Å². The van der Waals surface area contributed by atoms with E-state index in [4.69, 9.17) is 0 Å². The standard InChI is InChI=1S/C70H50N2/c1-4-14-51(15-5-1)54-24-28-56(29-25-54)58-32-41-64(42-33-58)71(65-43-34-59(35-44-65)57-30-26-55(27-31-57)52-16-6-2-7-17-52)66-45-37-60(38-46-66)69-22-12-13-23-70(69)61-39-47-67(48-40-61)72(63-20-8-3-9-21-63)68-49-36-53-18-10-11-19-62(53)50-68/h1-50H. The number of hydrogen-bond donors (Lipinski definition) is 0. The Labute approximate surface area is 422 Å². The van der Waals surface area contributed by atoms with Gasteiger partial charge in [-0.2, -0.15) is 0 Å². The van der Waals surface area contributed by atoms with Crippen molar-refractivity contribution in [3.05, 3.63) is 303 Å². The summed E-state index contributed by atoms with van der Waals surface area (Å²) in [6, 6.07) is 109. The zero-order valence-corrected chi connectivity index (χ0v) is 39.8. The average molecular weight is 919 g/mol. The summed E-state index contributed by atoms with van der Waals surface area (Å²) < 4.78 is 0. The second kappa shape index (κ2) is 19.8. The molecule has 0 amide bonds. The molecule has 0 fully saturated rings. The Balaban J connectivity index is 0.856. The molecule has 72 heavy (non-hydrogen) atoms. The van der Waals surface area contributed by atoms with E-state index in [1.54, 1.807) is 0 Å². The number of fused-ring (bicyclic) bond motifs is 1. The largest absolute Gasteiger partial charge is 0.311 e. The first-order chi connectivity index (χ1) is 35.7. The molecular weight excluding hydrogens is 869 g/mol. The van der Waals surface area contributed by atoms with E-state index in [1.165, 1.54) is 66.4 Å². The number of nitrogens with zero attached hydrogens (tertiary/aromatic N) is 2. The summed E-state index contributed by atoms with van der Waals surface area (Å²) in [6.07, 6.45) is 0. The molecule has 0 N–H and O–H groups in total. The fourth-order valence-electron chi connectivity index (χ4n) is 9.93. The molecule has 0 aliphatic rings. The lowest BCUT2D eigenvalue weighted by Gasteiger charge is -2.26. The third-order valence-electron chi connectivity index (χ3n) is 13.7. The molecule has 12 rings (SSSR count). The number of rotatable bonds is 12. The summed E-state index contributed by atoms with van der Waals surface area (Å²) >= 11 is 0. The summed E-state index contributed by atoms with van der Waals surface area (Å²) in [5.74, 6) is 0. The molecule has 0 bridgehead atoms. The molecule has 0 aliphatic heterocycles. The molecular formula is C70H50N2. The number of hydrogen-bond acceptors (Lipinski definition) is 2. The van der Waals surface area contributed by atoms with E-state index in [1.807, 2.05) is 0 Å². The van der Waals surface area contributed by atoms with Crippen molar-refractivity contribution in [2.45, 2.75) is 0 Å². The minimum atomic E-state index is 1.08. The predicted octanol–water partition coefficient (Wildman–Crippen LogP) is 19.8. The molecule has 0 unspecified atom stereocenters. The van der Waals surface area contributed by atoms with Gasteiger partial charge in [0.05, 0.1) is 0 Å². The van der Waals surface area contributed by atoms with Crippen molar-refractivity contribution in [2.75, 3.05) is 9.80 Å². The van der Waals surface area contributed by atoms with Gasteiger partial charge in [0.25, 0.3) is 0 Å². The molecule has 0 saturated heterocycles. The predicted molar refractivity (Wildman–Crippen MR) is 306 cm³/mol. The summed E-state index contributed by atoms with van der Waals surface area (Å²) in [5.41, 5.74) is 20.9. The molecule has 12 aromatic rings. The maximum atomic E-state index is 2.35. The van der Waals surface area contributed by atoms with Gasteiger partial charge in [0.1, 0.15) is 0 Å². The van der Waals surface area contributed by atoms with Crippen LogP contribution in [0.4, 0.5) is 34.1 Å². The topological polar surface area (TPSA) is 6.48 Å². The van der Waals surface area contributed by atoms with Gasteiger partial charge in [-0.25, -0.2) is 0 Å². The Morgan fingerprint density at radius 2 is 0.403 bits per heavy atom. The summed E-state index contributed by atoms with van der Waals surface area (Å²) in [5, 5.41) is 2.45. The lowest BCUT2D eigenvalue weighted by Crippen LogP contribution is -2.10. The van der Waals surface area contributed by atoms with Gasteiger partial charge in [-0.1, -0.05) is 231 Å². The molecule has 0 saturated carbocycles. The fraction of sp³-hybridized carbons (Fsp3) is 0. The lowest BCUT2D eigenvalue weighted by atomic mass is 9.94. The van der Waals surface area contributed by atoms with Crippen LogP contribution in [0.25, 0.3) is 77.5 Å². The lowest BCUT2D eigenvalue weighted by molar-refractivity contribution is 1.28. The van der Waals surface area contributed by atoms with Crippen molar-refractivity contribution in [1.29, 1.82) is 0 Å². The second-order valence-corrected chi connectivity index (χ2v) is 18.2. The minimum absolute atomic E-state index is 1.08.